The van der Waals surface area contributed by atoms with Crippen molar-refractivity contribution in [2.45, 2.75) is 6.42 Å². The highest BCUT2D eigenvalue weighted by Gasteiger charge is 2.10. The van der Waals surface area contributed by atoms with Crippen molar-refractivity contribution in [2.24, 2.45) is 0 Å². The fourth-order valence-electron chi connectivity index (χ4n) is 1.71. The summed E-state index contributed by atoms with van der Waals surface area (Å²) in [5, 5.41) is 12.9. The zero-order valence-electron chi connectivity index (χ0n) is 10.8. The van der Waals surface area contributed by atoms with Crippen molar-refractivity contribution in [1.29, 1.82) is 5.59 Å². The molecule has 0 atom stereocenters. The number of nitrogens with one attached hydrogen (secondary N) is 2. The van der Waals surface area contributed by atoms with Crippen LogP contribution in [0.15, 0.2) is 42.5 Å². The van der Waals surface area contributed by atoms with E-state index in [0.717, 1.165) is 0 Å². The van der Waals surface area contributed by atoms with Crippen LogP contribution in [-0.2, 0) is 11.2 Å². The van der Waals surface area contributed by atoms with Gasteiger partial charge in [-0.1, -0.05) is 53.1 Å². The molecule has 2 aromatic carbocycles. The first-order valence-electron chi connectivity index (χ1n) is 5.79. The summed E-state index contributed by atoms with van der Waals surface area (Å²) in [6.45, 7) is 0. The van der Waals surface area contributed by atoms with Crippen LogP contribution < -0.4 is 5.32 Å². The van der Waals surface area contributed by atoms with Gasteiger partial charge >= 0.3 is 5.97 Å². The number of carboxylic acids is 1. The van der Waals surface area contributed by atoms with Crippen LogP contribution in [0.2, 0.25) is 10.0 Å². The van der Waals surface area contributed by atoms with E-state index in [0.29, 0.717) is 27.0 Å². The number of aliphatic carboxylic acids is 1. The number of para-hydroxylation sites is 2. The summed E-state index contributed by atoms with van der Waals surface area (Å²) in [6, 6.07) is 12.3. The molecule has 3 N–H and O–H groups in total. The van der Waals surface area contributed by atoms with E-state index in [1.807, 2.05) is 6.07 Å². The smallest absolute Gasteiger partial charge is 0.307 e. The highest BCUT2D eigenvalue weighted by Crippen LogP contribution is 2.33. The molecule has 21 heavy (non-hydrogen) atoms. The fourth-order valence-corrected chi connectivity index (χ4v) is 2.20. The van der Waals surface area contributed by atoms with E-state index >= 15 is 0 Å². The molecule has 0 bridgehead atoms. The number of benzene rings is 2. The summed E-state index contributed by atoms with van der Waals surface area (Å²) in [5.74, 6) is -0.889. The van der Waals surface area contributed by atoms with Crippen LogP contribution >= 0.6 is 23.2 Å². The van der Waals surface area contributed by atoms with Crippen LogP contribution in [0.25, 0.3) is 0 Å². The predicted octanol–water partition coefficient (Wildman–Crippen LogP) is 4.70. The standard InChI is InChI=1S/C14H11Cl2NO2.HNO/c15-10-5-3-6-11(16)14(10)17-12-7-2-1-4-9(12)8-13(18)19;1-2/h1-7,17H,8H2,(H,18,19);1H. The molecule has 0 radical (unpaired) electrons. The molecular formula is C14H12Cl2N2O3. The topological polar surface area (TPSA) is 90.2 Å². The Labute approximate surface area is 131 Å². The lowest BCUT2D eigenvalue weighted by molar-refractivity contribution is -0.136. The van der Waals surface area contributed by atoms with Crippen LogP contribution in [-0.4, -0.2) is 11.1 Å². The van der Waals surface area contributed by atoms with Gasteiger partial charge in [-0.3, -0.25) is 4.79 Å². The third-order valence-corrected chi connectivity index (χ3v) is 3.21. The Morgan fingerprint density at radius 2 is 1.62 bits per heavy atom. The Morgan fingerprint density at radius 1 is 1.05 bits per heavy atom. The summed E-state index contributed by atoms with van der Waals surface area (Å²) in [7, 11) is 0. The van der Waals surface area contributed by atoms with E-state index in [4.69, 9.17) is 33.2 Å². The number of halogens is 2. The maximum Gasteiger partial charge on any atom is 0.307 e. The Bertz CT molecular complexity index is 615. The summed E-state index contributed by atoms with van der Waals surface area (Å²) in [5.41, 5.74) is 6.43. The van der Waals surface area contributed by atoms with Gasteiger partial charge in [-0.2, -0.15) is 4.91 Å². The molecule has 2 aromatic rings. The Kier molecular flexibility index (Phi) is 6.65. The van der Waals surface area contributed by atoms with Crippen molar-refractivity contribution < 1.29 is 9.90 Å². The number of rotatable bonds is 4. The zero-order chi connectivity index (χ0) is 15.8. The third-order valence-electron chi connectivity index (χ3n) is 2.58. The van der Waals surface area contributed by atoms with Crippen molar-refractivity contribution in [1.82, 2.24) is 0 Å². The van der Waals surface area contributed by atoms with Gasteiger partial charge in [-0.05, 0) is 23.8 Å². The summed E-state index contributed by atoms with van der Waals surface area (Å²) in [6.07, 6.45) is -0.0642. The van der Waals surface area contributed by atoms with E-state index in [9.17, 15) is 4.79 Å². The van der Waals surface area contributed by atoms with E-state index in [1.165, 1.54) is 0 Å². The van der Waals surface area contributed by atoms with Gasteiger partial charge in [-0.15, -0.1) is 0 Å². The Balaban J connectivity index is 0.00000106. The summed E-state index contributed by atoms with van der Waals surface area (Å²) >= 11 is 12.1. The number of hydrogen-bond acceptors (Lipinski definition) is 4. The monoisotopic (exact) mass is 326 g/mol. The van der Waals surface area contributed by atoms with Crippen molar-refractivity contribution in [3.05, 3.63) is 63.0 Å². The molecule has 0 aliphatic carbocycles. The van der Waals surface area contributed by atoms with Gasteiger partial charge in [0, 0.05) is 5.69 Å². The summed E-state index contributed by atoms with van der Waals surface area (Å²) < 4.78 is 0. The van der Waals surface area contributed by atoms with Gasteiger partial charge < -0.3 is 10.4 Å². The first kappa shape index (κ1) is 16.9. The van der Waals surface area contributed by atoms with Crippen molar-refractivity contribution >= 4 is 40.5 Å². The molecule has 0 spiro atoms. The molecule has 0 amide bonds. The molecule has 0 heterocycles. The molecule has 0 aromatic heterocycles. The maximum atomic E-state index is 10.8. The lowest BCUT2D eigenvalue weighted by Gasteiger charge is -2.13. The van der Waals surface area contributed by atoms with Crippen molar-refractivity contribution in [3.8, 4) is 0 Å². The fraction of sp³-hybridized carbons (Fsp3) is 0.0714. The second-order valence-corrected chi connectivity index (χ2v) is 4.76. The minimum absolute atomic E-state index is 0.0642. The van der Waals surface area contributed by atoms with Crippen molar-refractivity contribution in [2.75, 3.05) is 5.32 Å². The maximum absolute atomic E-state index is 10.8. The molecule has 5 nitrogen and oxygen atoms in total. The average Bonchev–Trinajstić information content (AvgIpc) is 2.46. The number of hydrogen-bond donors (Lipinski definition) is 3. The molecule has 0 aliphatic rings. The van der Waals surface area contributed by atoms with Gasteiger partial charge in [0.1, 0.15) is 0 Å². The lowest BCUT2D eigenvalue weighted by atomic mass is 10.1. The normalized spacial score (nSPS) is 9.43. The van der Waals surface area contributed by atoms with Gasteiger partial charge in [0.15, 0.2) is 0 Å². The highest BCUT2D eigenvalue weighted by molar-refractivity contribution is 6.39. The van der Waals surface area contributed by atoms with Crippen LogP contribution in [0.4, 0.5) is 11.4 Å². The van der Waals surface area contributed by atoms with Gasteiger partial charge in [-0.25, -0.2) is 0 Å². The number of carboxylic acid groups (broad SMARTS) is 1. The quantitative estimate of drug-likeness (QED) is 0.710. The lowest BCUT2D eigenvalue weighted by Crippen LogP contribution is -2.04. The second kappa shape index (κ2) is 8.24. The molecule has 0 saturated carbocycles. The zero-order valence-corrected chi connectivity index (χ0v) is 12.3. The minimum Gasteiger partial charge on any atom is -0.481 e. The Hall–Kier alpha value is -2.11. The van der Waals surface area contributed by atoms with E-state index < -0.39 is 5.97 Å². The molecular weight excluding hydrogens is 315 g/mol. The van der Waals surface area contributed by atoms with Crippen molar-refractivity contribution in [3.63, 3.8) is 0 Å². The second-order valence-electron chi connectivity index (χ2n) is 3.95. The molecule has 110 valence electrons. The highest BCUT2D eigenvalue weighted by atomic mass is 35.5. The first-order valence-corrected chi connectivity index (χ1v) is 6.54. The van der Waals surface area contributed by atoms with E-state index in [1.54, 1.807) is 36.4 Å². The molecule has 0 aliphatic heterocycles. The third kappa shape index (κ3) is 4.73. The molecule has 0 saturated heterocycles. The molecule has 0 unspecified atom stereocenters. The van der Waals surface area contributed by atoms with Crippen LogP contribution in [0, 0.1) is 10.5 Å². The average molecular weight is 327 g/mol. The number of anilines is 2. The number of carbonyl (C=O) groups is 1. The van der Waals surface area contributed by atoms with E-state index in [2.05, 4.69) is 10.9 Å². The van der Waals surface area contributed by atoms with Gasteiger partial charge in [0.05, 0.1) is 22.2 Å². The largest absolute Gasteiger partial charge is 0.481 e. The predicted molar refractivity (Wildman–Crippen MR) is 83.6 cm³/mol. The Morgan fingerprint density at radius 3 is 2.19 bits per heavy atom. The first-order chi connectivity index (χ1) is 10.1. The molecule has 7 heteroatoms. The minimum atomic E-state index is -0.889. The van der Waals surface area contributed by atoms with Crippen LogP contribution in [0.5, 0.6) is 0 Å². The number of nitroso groups, excluding NO2 is 1. The van der Waals surface area contributed by atoms with E-state index in [-0.39, 0.29) is 6.42 Å². The summed E-state index contributed by atoms with van der Waals surface area (Å²) in [4.78, 5) is 18.3. The molecule has 2 rings (SSSR count). The molecule has 0 fully saturated rings. The van der Waals surface area contributed by atoms with Gasteiger partial charge in [0.25, 0.3) is 0 Å². The van der Waals surface area contributed by atoms with Crippen LogP contribution in [0.3, 0.4) is 0 Å². The van der Waals surface area contributed by atoms with Crippen LogP contribution in [0.1, 0.15) is 5.56 Å². The van der Waals surface area contributed by atoms with Gasteiger partial charge in [0.2, 0.25) is 0 Å². The SMILES string of the molecule is N=O.O=C(O)Cc1ccccc1Nc1c(Cl)cccc1Cl.